The number of aromatic nitrogens is 3. The van der Waals surface area contributed by atoms with Gasteiger partial charge in [-0.1, -0.05) is 0 Å². The first-order valence-corrected chi connectivity index (χ1v) is 6.70. The molecular formula is C14H15F3N4O2. The lowest BCUT2D eigenvalue weighted by molar-refractivity contribution is -0.137. The molecule has 0 aliphatic heterocycles. The van der Waals surface area contributed by atoms with Crippen LogP contribution in [0.5, 0.6) is 0 Å². The number of hydrogen-bond donors (Lipinski definition) is 1. The average Bonchev–Trinajstić information content (AvgIpc) is 2.87. The Balaban J connectivity index is 2.30. The van der Waals surface area contributed by atoms with Gasteiger partial charge >= 0.3 is 6.18 Å². The molecule has 9 heteroatoms. The minimum Gasteiger partial charge on any atom is -0.395 e. The van der Waals surface area contributed by atoms with Gasteiger partial charge in [-0.05, 0) is 19.1 Å². The van der Waals surface area contributed by atoms with E-state index in [1.165, 1.54) is 28.9 Å². The minimum atomic E-state index is -4.46. The van der Waals surface area contributed by atoms with Gasteiger partial charge in [-0.25, -0.2) is 9.67 Å². The largest absolute Gasteiger partial charge is 0.417 e. The number of amides is 1. The molecule has 0 bridgehead atoms. The van der Waals surface area contributed by atoms with Gasteiger partial charge in [0.25, 0.3) is 5.91 Å². The first-order chi connectivity index (χ1) is 10.8. The maximum atomic E-state index is 12.5. The summed E-state index contributed by atoms with van der Waals surface area (Å²) in [4.78, 5) is 17.3. The summed E-state index contributed by atoms with van der Waals surface area (Å²) in [5, 5.41) is 12.9. The van der Waals surface area contributed by atoms with Gasteiger partial charge in [0.15, 0.2) is 5.82 Å². The zero-order valence-electron chi connectivity index (χ0n) is 12.5. The summed E-state index contributed by atoms with van der Waals surface area (Å²) in [5.74, 6) is -0.158. The van der Waals surface area contributed by atoms with Gasteiger partial charge in [0, 0.05) is 19.8 Å². The molecule has 23 heavy (non-hydrogen) atoms. The Hall–Kier alpha value is -2.42. The van der Waals surface area contributed by atoms with E-state index < -0.39 is 11.7 Å². The second kappa shape index (κ2) is 6.37. The van der Waals surface area contributed by atoms with Gasteiger partial charge in [-0.15, -0.1) is 0 Å². The molecule has 0 unspecified atom stereocenters. The lowest BCUT2D eigenvalue weighted by Crippen LogP contribution is -2.29. The van der Waals surface area contributed by atoms with E-state index in [4.69, 9.17) is 5.11 Å². The average molecular weight is 328 g/mol. The third-order valence-electron chi connectivity index (χ3n) is 3.31. The number of aliphatic hydroxyl groups excluding tert-OH is 1. The van der Waals surface area contributed by atoms with Crippen LogP contribution in [-0.4, -0.2) is 50.9 Å². The minimum absolute atomic E-state index is 0.169. The number of halogens is 3. The highest BCUT2D eigenvalue weighted by Crippen LogP contribution is 2.28. The summed E-state index contributed by atoms with van der Waals surface area (Å²) in [6.07, 6.45) is -2.42. The van der Waals surface area contributed by atoms with Gasteiger partial charge in [0.2, 0.25) is 0 Å². The number of likely N-dealkylation sites (N-methyl/N-ethyl adjacent to an activating group) is 1. The molecule has 2 aromatic rings. The van der Waals surface area contributed by atoms with E-state index in [1.54, 1.807) is 6.92 Å². The van der Waals surface area contributed by atoms with Crippen LogP contribution < -0.4 is 0 Å². The van der Waals surface area contributed by atoms with Crippen molar-refractivity contribution >= 4 is 5.91 Å². The van der Waals surface area contributed by atoms with E-state index in [0.29, 0.717) is 11.3 Å². The summed E-state index contributed by atoms with van der Waals surface area (Å²) in [5.41, 5.74) is -0.111. The Bertz CT molecular complexity index is 695. The summed E-state index contributed by atoms with van der Waals surface area (Å²) >= 11 is 0. The van der Waals surface area contributed by atoms with Gasteiger partial charge in [0.05, 0.1) is 29.6 Å². The Morgan fingerprint density at radius 3 is 2.57 bits per heavy atom. The highest BCUT2D eigenvalue weighted by atomic mass is 19.4. The molecule has 0 atom stereocenters. The Morgan fingerprint density at radius 1 is 1.35 bits per heavy atom. The Morgan fingerprint density at radius 2 is 2.04 bits per heavy atom. The lowest BCUT2D eigenvalue weighted by Gasteiger charge is -2.15. The van der Waals surface area contributed by atoms with E-state index in [9.17, 15) is 18.0 Å². The predicted molar refractivity (Wildman–Crippen MR) is 75.1 cm³/mol. The van der Waals surface area contributed by atoms with Crippen LogP contribution in [0.2, 0.25) is 0 Å². The number of nitrogens with zero attached hydrogens (tertiary/aromatic N) is 4. The number of rotatable bonds is 4. The molecule has 6 nitrogen and oxygen atoms in total. The number of alkyl halides is 3. The second-order valence-corrected chi connectivity index (χ2v) is 4.91. The van der Waals surface area contributed by atoms with Crippen molar-refractivity contribution in [2.45, 2.75) is 13.1 Å². The topological polar surface area (TPSA) is 71.2 Å². The number of pyridine rings is 1. The van der Waals surface area contributed by atoms with Crippen LogP contribution in [0.1, 0.15) is 21.6 Å². The molecule has 0 aliphatic rings. The molecule has 0 aromatic carbocycles. The van der Waals surface area contributed by atoms with Crippen molar-refractivity contribution in [3.8, 4) is 5.82 Å². The molecule has 124 valence electrons. The molecular weight excluding hydrogens is 313 g/mol. The van der Waals surface area contributed by atoms with Crippen LogP contribution in [0.4, 0.5) is 13.2 Å². The SMILES string of the molecule is Cc1c(C(=O)N(C)CCO)cnn1-c1ccc(C(F)(F)F)cn1. The number of carbonyl (C=O) groups excluding carboxylic acids is 1. The zero-order chi connectivity index (χ0) is 17.2. The van der Waals surface area contributed by atoms with E-state index in [-0.39, 0.29) is 24.9 Å². The van der Waals surface area contributed by atoms with Crippen LogP contribution in [0.25, 0.3) is 5.82 Å². The van der Waals surface area contributed by atoms with Crippen LogP contribution in [-0.2, 0) is 6.18 Å². The molecule has 0 radical (unpaired) electrons. The summed E-state index contributed by atoms with van der Waals surface area (Å²) in [7, 11) is 1.53. The van der Waals surface area contributed by atoms with Crippen molar-refractivity contribution in [1.29, 1.82) is 0 Å². The third kappa shape index (κ3) is 3.50. The molecule has 1 N–H and O–H groups in total. The maximum absolute atomic E-state index is 12.5. The van der Waals surface area contributed by atoms with Crippen molar-refractivity contribution in [3.63, 3.8) is 0 Å². The van der Waals surface area contributed by atoms with Crippen LogP contribution in [0.15, 0.2) is 24.5 Å². The van der Waals surface area contributed by atoms with Crippen molar-refractivity contribution in [3.05, 3.63) is 41.3 Å². The molecule has 0 fully saturated rings. The first kappa shape index (κ1) is 16.9. The Labute approximate surface area is 130 Å². The molecule has 0 saturated heterocycles. The monoisotopic (exact) mass is 328 g/mol. The third-order valence-corrected chi connectivity index (χ3v) is 3.31. The molecule has 0 spiro atoms. The normalized spacial score (nSPS) is 11.6. The fourth-order valence-corrected chi connectivity index (χ4v) is 1.99. The van der Waals surface area contributed by atoms with Crippen molar-refractivity contribution in [2.75, 3.05) is 20.2 Å². The quantitative estimate of drug-likeness (QED) is 0.926. The number of carbonyl (C=O) groups is 1. The second-order valence-electron chi connectivity index (χ2n) is 4.91. The highest BCUT2D eigenvalue weighted by Gasteiger charge is 2.30. The van der Waals surface area contributed by atoms with Gasteiger partial charge in [-0.2, -0.15) is 18.3 Å². The lowest BCUT2D eigenvalue weighted by atomic mass is 10.2. The summed E-state index contributed by atoms with van der Waals surface area (Å²) in [6.45, 7) is 1.62. The summed E-state index contributed by atoms with van der Waals surface area (Å²) < 4.78 is 38.9. The maximum Gasteiger partial charge on any atom is 0.417 e. The first-order valence-electron chi connectivity index (χ1n) is 6.70. The highest BCUT2D eigenvalue weighted by molar-refractivity contribution is 5.95. The predicted octanol–water partition coefficient (Wildman–Crippen LogP) is 1.66. The number of hydrogen-bond acceptors (Lipinski definition) is 4. The van der Waals surface area contributed by atoms with E-state index in [1.807, 2.05) is 0 Å². The smallest absolute Gasteiger partial charge is 0.395 e. The molecule has 2 heterocycles. The van der Waals surface area contributed by atoms with Gasteiger partial charge in [-0.3, -0.25) is 4.79 Å². The molecule has 0 saturated carbocycles. The molecule has 2 aromatic heterocycles. The van der Waals surface area contributed by atoms with Crippen molar-refractivity contribution in [2.24, 2.45) is 0 Å². The van der Waals surface area contributed by atoms with Crippen molar-refractivity contribution in [1.82, 2.24) is 19.7 Å². The Kier molecular flexibility index (Phi) is 4.69. The molecule has 0 aliphatic carbocycles. The molecule has 2 rings (SSSR count). The summed E-state index contributed by atoms with van der Waals surface area (Å²) in [6, 6.07) is 2.09. The molecule has 1 amide bonds. The van der Waals surface area contributed by atoms with Crippen LogP contribution in [0.3, 0.4) is 0 Å². The fourth-order valence-electron chi connectivity index (χ4n) is 1.99. The van der Waals surface area contributed by atoms with Gasteiger partial charge in [0.1, 0.15) is 0 Å². The number of aliphatic hydroxyl groups is 1. The van der Waals surface area contributed by atoms with Crippen molar-refractivity contribution < 1.29 is 23.1 Å². The zero-order valence-corrected chi connectivity index (χ0v) is 12.5. The fraction of sp³-hybridized carbons (Fsp3) is 0.357. The van der Waals surface area contributed by atoms with Crippen LogP contribution >= 0.6 is 0 Å². The standard InChI is InChI=1S/C14H15F3N4O2/c1-9-11(13(23)20(2)5-6-22)8-19-21(9)12-4-3-10(7-18-12)14(15,16)17/h3-4,7-8,22H,5-6H2,1-2H3. The van der Waals surface area contributed by atoms with Gasteiger partial charge < -0.3 is 10.0 Å². The van der Waals surface area contributed by atoms with E-state index >= 15 is 0 Å². The van der Waals surface area contributed by atoms with E-state index in [0.717, 1.165) is 12.3 Å². The van der Waals surface area contributed by atoms with Crippen LogP contribution in [0, 0.1) is 6.92 Å². The van der Waals surface area contributed by atoms with E-state index in [2.05, 4.69) is 10.1 Å².